The molecule has 0 radical (unpaired) electrons. The first-order chi connectivity index (χ1) is 10.7. The number of carbonyl (C=O) groups excluding carboxylic acids is 1. The second kappa shape index (κ2) is 8.48. The van der Waals surface area contributed by atoms with E-state index < -0.39 is 6.04 Å². The van der Waals surface area contributed by atoms with E-state index in [4.69, 9.17) is 21.1 Å². The minimum absolute atomic E-state index is 0.265. The molecule has 1 fully saturated rings. The van der Waals surface area contributed by atoms with E-state index in [9.17, 15) is 4.79 Å². The fourth-order valence-corrected chi connectivity index (χ4v) is 2.99. The molecule has 0 amide bonds. The SMILES string of the molecule is COCCN1CCN([C@H](C(=O)OC)c2ccccc2Cl)CC1. The molecule has 1 aliphatic heterocycles. The van der Waals surface area contributed by atoms with Gasteiger partial charge in [-0.3, -0.25) is 9.80 Å². The highest BCUT2D eigenvalue weighted by Crippen LogP contribution is 2.29. The van der Waals surface area contributed by atoms with E-state index in [1.807, 2.05) is 24.3 Å². The van der Waals surface area contributed by atoms with Gasteiger partial charge in [0, 0.05) is 44.9 Å². The van der Waals surface area contributed by atoms with Gasteiger partial charge in [-0.2, -0.15) is 0 Å². The second-order valence-electron chi connectivity index (χ2n) is 5.32. The lowest BCUT2D eigenvalue weighted by Crippen LogP contribution is -2.50. The predicted octanol–water partition coefficient (Wildman–Crippen LogP) is 1.82. The van der Waals surface area contributed by atoms with E-state index in [1.54, 1.807) is 7.11 Å². The van der Waals surface area contributed by atoms with Crippen LogP contribution in [0.1, 0.15) is 11.6 Å². The first kappa shape index (κ1) is 17.2. The molecule has 0 bridgehead atoms. The third kappa shape index (κ3) is 4.20. The molecule has 2 rings (SSSR count). The van der Waals surface area contributed by atoms with Crippen molar-refractivity contribution in [3.05, 3.63) is 34.9 Å². The molecule has 1 aromatic carbocycles. The summed E-state index contributed by atoms with van der Waals surface area (Å²) >= 11 is 6.28. The Kier molecular flexibility index (Phi) is 6.64. The first-order valence-electron chi connectivity index (χ1n) is 7.45. The maximum atomic E-state index is 12.3. The predicted molar refractivity (Wildman–Crippen MR) is 86.1 cm³/mol. The van der Waals surface area contributed by atoms with Crippen molar-refractivity contribution in [2.24, 2.45) is 0 Å². The van der Waals surface area contributed by atoms with Gasteiger partial charge in [-0.05, 0) is 11.6 Å². The van der Waals surface area contributed by atoms with Crippen molar-refractivity contribution in [1.29, 1.82) is 0 Å². The third-order valence-corrected chi connectivity index (χ3v) is 4.35. The highest BCUT2D eigenvalue weighted by Gasteiger charge is 2.32. The van der Waals surface area contributed by atoms with Crippen LogP contribution >= 0.6 is 11.6 Å². The highest BCUT2D eigenvalue weighted by molar-refractivity contribution is 6.31. The van der Waals surface area contributed by atoms with Crippen LogP contribution in [-0.2, 0) is 14.3 Å². The highest BCUT2D eigenvalue weighted by atomic mass is 35.5. The summed E-state index contributed by atoms with van der Waals surface area (Å²) in [6.07, 6.45) is 0. The number of piperazine rings is 1. The number of hydrogen-bond donors (Lipinski definition) is 0. The van der Waals surface area contributed by atoms with Crippen molar-refractivity contribution >= 4 is 17.6 Å². The smallest absolute Gasteiger partial charge is 0.327 e. The summed E-state index contributed by atoms with van der Waals surface area (Å²) in [5, 5.41) is 0.597. The fourth-order valence-electron chi connectivity index (χ4n) is 2.75. The number of carbonyl (C=O) groups is 1. The van der Waals surface area contributed by atoms with Crippen molar-refractivity contribution < 1.29 is 14.3 Å². The second-order valence-corrected chi connectivity index (χ2v) is 5.72. The van der Waals surface area contributed by atoms with Gasteiger partial charge in [0.2, 0.25) is 0 Å². The van der Waals surface area contributed by atoms with Gasteiger partial charge in [-0.25, -0.2) is 4.79 Å². The van der Waals surface area contributed by atoms with Crippen LogP contribution in [0.25, 0.3) is 0 Å². The molecule has 0 saturated carbocycles. The number of nitrogens with zero attached hydrogens (tertiary/aromatic N) is 2. The van der Waals surface area contributed by atoms with Gasteiger partial charge in [0.15, 0.2) is 0 Å². The molecule has 22 heavy (non-hydrogen) atoms. The van der Waals surface area contributed by atoms with Crippen molar-refractivity contribution in [2.75, 3.05) is 53.6 Å². The molecule has 0 aromatic heterocycles. The fraction of sp³-hybridized carbons (Fsp3) is 0.562. The number of hydrogen-bond acceptors (Lipinski definition) is 5. The monoisotopic (exact) mass is 326 g/mol. The third-order valence-electron chi connectivity index (χ3n) is 4.01. The molecule has 1 aromatic rings. The summed E-state index contributed by atoms with van der Waals surface area (Å²) in [6.45, 7) is 5.05. The van der Waals surface area contributed by atoms with Gasteiger partial charge < -0.3 is 9.47 Å². The lowest BCUT2D eigenvalue weighted by atomic mass is 10.0. The van der Waals surface area contributed by atoms with Crippen molar-refractivity contribution in [2.45, 2.75) is 6.04 Å². The summed E-state index contributed by atoms with van der Waals surface area (Å²) in [6, 6.07) is 7.01. The van der Waals surface area contributed by atoms with Crippen LogP contribution < -0.4 is 0 Å². The minimum atomic E-state index is -0.441. The Morgan fingerprint density at radius 2 is 1.91 bits per heavy atom. The Morgan fingerprint density at radius 1 is 1.23 bits per heavy atom. The Bertz CT molecular complexity index is 490. The summed E-state index contributed by atoms with van der Waals surface area (Å²) < 4.78 is 10.1. The zero-order valence-corrected chi connectivity index (χ0v) is 13.9. The van der Waals surface area contributed by atoms with Crippen LogP contribution in [0, 0.1) is 0 Å². The summed E-state index contributed by atoms with van der Waals surface area (Å²) in [7, 11) is 3.13. The van der Waals surface area contributed by atoms with Crippen molar-refractivity contribution in [3.63, 3.8) is 0 Å². The van der Waals surface area contributed by atoms with Crippen molar-refractivity contribution in [3.8, 4) is 0 Å². The standard InChI is InChI=1S/C16H23ClN2O3/c1-21-12-11-18-7-9-19(10-8-18)15(16(20)22-2)13-5-3-4-6-14(13)17/h3-6,15H,7-12H2,1-2H3/t15-/m0/s1. The van der Waals surface area contributed by atoms with Gasteiger partial charge in [0.05, 0.1) is 13.7 Å². The Hall–Kier alpha value is -1.14. The number of esters is 1. The number of halogens is 1. The lowest BCUT2D eigenvalue weighted by Gasteiger charge is -2.38. The average Bonchev–Trinajstić information content (AvgIpc) is 2.56. The topological polar surface area (TPSA) is 42.0 Å². The van der Waals surface area contributed by atoms with E-state index in [-0.39, 0.29) is 5.97 Å². The molecule has 1 aliphatic rings. The lowest BCUT2D eigenvalue weighted by molar-refractivity contribution is -0.148. The molecule has 1 saturated heterocycles. The van der Waals surface area contributed by atoms with E-state index in [1.165, 1.54) is 7.11 Å². The van der Waals surface area contributed by atoms with Crippen LogP contribution in [0.4, 0.5) is 0 Å². The van der Waals surface area contributed by atoms with Crippen LogP contribution in [0.15, 0.2) is 24.3 Å². The largest absolute Gasteiger partial charge is 0.468 e. The normalized spacial score (nSPS) is 18.1. The molecule has 0 N–H and O–H groups in total. The van der Waals surface area contributed by atoms with Gasteiger partial charge in [-0.15, -0.1) is 0 Å². The Labute approximate surface area is 136 Å². The number of ether oxygens (including phenoxy) is 2. The quantitative estimate of drug-likeness (QED) is 0.746. The van der Waals surface area contributed by atoms with E-state index in [2.05, 4.69) is 9.80 Å². The van der Waals surface area contributed by atoms with Crippen LogP contribution in [0.5, 0.6) is 0 Å². The van der Waals surface area contributed by atoms with Gasteiger partial charge in [0.25, 0.3) is 0 Å². The minimum Gasteiger partial charge on any atom is -0.468 e. The average molecular weight is 327 g/mol. The Balaban J connectivity index is 2.09. The summed E-state index contributed by atoms with van der Waals surface area (Å²) in [5.74, 6) is -0.265. The molecule has 6 heteroatoms. The molecule has 0 spiro atoms. The van der Waals surface area contributed by atoms with Gasteiger partial charge in [-0.1, -0.05) is 29.8 Å². The first-order valence-corrected chi connectivity index (χ1v) is 7.82. The zero-order chi connectivity index (χ0) is 15.9. The molecule has 0 aliphatic carbocycles. The van der Waals surface area contributed by atoms with Crippen LogP contribution in [0.2, 0.25) is 5.02 Å². The molecular weight excluding hydrogens is 304 g/mol. The van der Waals surface area contributed by atoms with Crippen LogP contribution in [-0.4, -0.2) is 69.3 Å². The van der Waals surface area contributed by atoms with E-state index in [0.29, 0.717) is 5.02 Å². The van der Waals surface area contributed by atoms with Crippen molar-refractivity contribution in [1.82, 2.24) is 9.80 Å². The van der Waals surface area contributed by atoms with E-state index in [0.717, 1.165) is 44.9 Å². The van der Waals surface area contributed by atoms with Gasteiger partial charge >= 0.3 is 5.97 Å². The number of rotatable bonds is 6. The van der Waals surface area contributed by atoms with E-state index >= 15 is 0 Å². The van der Waals surface area contributed by atoms with Gasteiger partial charge in [0.1, 0.15) is 6.04 Å². The molecule has 5 nitrogen and oxygen atoms in total. The molecular formula is C16H23ClN2O3. The zero-order valence-electron chi connectivity index (χ0n) is 13.1. The maximum Gasteiger partial charge on any atom is 0.327 e. The molecule has 122 valence electrons. The maximum absolute atomic E-state index is 12.3. The Morgan fingerprint density at radius 3 is 2.50 bits per heavy atom. The number of methoxy groups -OCH3 is 2. The molecule has 0 unspecified atom stereocenters. The summed E-state index contributed by atoms with van der Waals surface area (Å²) in [4.78, 5) is 16.7. The molecule has 1 atom stereocenters. The summed E-state index contributed by atoms with van der Waals surface area (Å²) in [5.41, 5.74) is 0.807. The van der Waals surface area contributed by atoms with Crippen LogP contribution in [0.3, 0.4) is 0 Å². The molecule has 1 heterocycles. The number of benzene rings is 1.